The van der Waals surface area contributed by atoms with E-state index in [1.54, 1.807) is 6.20 Å². The van der Waals surface area contributed by atoms with Crippen molar-refractivity contribution in [3.05, 3.63) is 40.8 Å². The first-order valence-corrected chi connectivity index (χ1v) is 9.46. The summed E-state index contributed by atoms with van der Waals surface area (Å²) in [6.07, 6.45) is 1.07. The summed E-state index contributed by atoms with van der Waals surface area (Å²) in [5.74, 6) is 0.258. The number of aromatic nitrogens is 3. The molecule has 1 amide bonds. The summed E-state index contributed by atoms with van der Waals surface area (Å²) in [5.41, 5.74) is 0.809. The summed E-state index contributed by atoms with van der Waals surface area (Å²) < 4.78 is 5.69. The predicted molar refractivity (Wildman–Crippen MR) is 100.0 cm³/mol. The Bertz CT molecular complexity index is 907. The molecule has 0 aliphatic heterocycles. The van der Waals surface area contributed by atoms with E-state index in [2.05, 4.69) is 20.5 Å². The van der Waals surface area contributed by atoms with Crippen LogP contribution in [-0.2, 0) is 4.74 Å². The van der Waals surface area contributed by atoms with Gasteiger partial charge < -0.3 is 15.2 Å². The number of carbonyl (C=O) groups is 1. The van der Waals surface area contributed by atoms with Gasteiger partial charge >= 0.3 is 25.0 Å². The first-order chi connectivity index (χ1) is 12.0. The Labute approximate surface area is 176 Å². The Kier molecular flexibility index (Phi) is 7.74. The summed E-state index contributed by atoms with van der Waals surface area (Å²) in [5, 5.41) is 13.7. The van der Waals surface area contributed by atoms with Crippen molar-refractivity contribution in [3.63, 3.8) is 0 Å². The Hall–Kier alpha value is -1.30. The van der Waals surface area contributed by atoms with Crippen molar-refractivity contribution in [3.8, 4) is 0 Å². The first-order valence-electron chi connectivity index (χ1n) is 7.45. The number of benzene rings is 1. The molecule has 10 heteroatoms. The third kappa shape index (κ3) is 5.60. The fourth-order valence-corrected chi connectivity index (χ4v) is 3.86. The first kappa shape index (κ1) is 21.0. The summed E-state index contributed by atoms with van der Waals surface area (Å²) in [6.45, 7) is 4.24. The zero-order valence-electron chi connectivity index (χ0n) is 14.5. The van der Waals surface area contributed by atoms with Crippen molar-refractivity contribution in [1.29, 1.82) is 0 Å². The van der Waals surface area contributed by atoms with Gasteiger partial charge in [0, 0.05) is 26.6 Å². The Balaban J connectivity index is 0.00000243. The van der Waals surface area contributed by atoms with Crippen molar-refractivity contribution >= 4 is 56.8 Å². The van der Waals surface area contributed by atoms with Gasteiger partial charge in [-0.1, -0.05) is 43.3 Å². The van der Waals surface area contributed by atoms with Crippen molar-refractivity contribution in [1.82, 2.24) is 15.2 Å². The molecule has 0 spiro atoms. The van der Waals surface area contributed by atoms with Gasteiger partial charge in [0.25, 0.3) is 0 Å². The molecule has 6 nitrogen and oxygen atoms in total. The van der Waals surface area contributed by atoms with Crippen molar-refractivity contribution in [2.24, 2.45) is 5.92 Å². The fourth-order valence-electron chi connectivity index (χ4n) is 1.92. The van der Waals surface area contributed by atoms with Gasteiger partial charge in [0.2, 0.25) is 0 Å². The molecule has 26 heavy (non-hydrogen) atoms. The average molecular weight is 401 g/mol. The minimum Gasteiger partial charge on any atom is -0.464 e. The van der Waals surface area contributed by atoms with Crippen LogP contribution in [0.3, 0.4) is 0 Å². The van der Waals surface area contributed by atoms with Gasteiger partial charge in [-0.25, -0.2) is 5.10 Å². The molecular formula is C16H14ClLiN4O2S2. The second-order valence-electron chi connectivity index (χ2n) is 5.51. The van der Waals surface area contributed by atoms with Crippen molar-refractivity contribution < 1.29 is 28.4 Å². The molecule has 0 saturated carbocycles. The number of fused-ring (bicyclic) bond motifs is 1. The van der Waals surface area contributed by atoms with E-state index in [0.29, 0.717) is 16.0 Å². The van der Waals surface area contributed by atoms with E-state index in [4.69, 9.17) is 16.3 Å². The zero-order chi connectivity index (χ0) is 17.8. The SMILES string of the molecule is CC(C)COC(=O)[N-]c1nnc(Sc2ccnc3cc(Cl)ccc23)s1.[Li+]. The van der Waals surface area contributed by atoms with E-state index < -0.39 is 6.09 Å². The maximum absolute atomic E-state index is 11.6. The zero-order valence-corrected chi connectivity index (χ0v) is 16.9. The van der Waals surface area contributed by atoms with Gasteiger partial charge in [0.1, 0.15) is 0 Å². The maximum atomic E-state index is 11.6. The molecule has 0 N–H and O–H groups in total. The summed E-state index contributed by atoms with van der Waals surface area (Å²) >= 11 is 8.67. The number of rotatable bonds is 5. The number of pyridine rings is 1. The Morgan fingerprint density at radius 1 is 1.35 bits per heavy atom. The smallest absolute Gasteiger partial charge is 0.464 e. The quantitative estimate of drug-likeness (QED) is 0.484. The molecule has 3 rings (SSSR count). The summed E-state index contributed by atoms with van der Waals surface area (Å²) in [4.78, 5) is 16.9. The van der Waals surface area contributed by atoms with Crippen LogP contribution in [0.1, 0.15) is 13.8 Å². The van der Waals surface area contributed by atoms with Gasteiger partial charge in [0.05, 0.1) is 12.1 Å². The second-order valence-corrected chi connectivity index (χ2v) is 8.19. The Morgan fingerprint density at radius 2 is 2.15 bits per heavy atom. The molecule has 0 bridgehead atoms. The third-order valence-electron chi connectivity index (χ3n) is 2.98. The normalized spacial score (nSPS) is 10.6. The van der Waals surface area contributed by atoms with Gasteiger partial charge in [-0.05, 0) is 24.1 Å². The molecule has 2 heterocycles. The fraction of sp³-hybridized carbons (Fsp3) is 0.250. The van der Waals surface area contributed by atoms with E-state index in [9.17, 15) is 4.79 Å². The van der Waals surface area contributed by atoms with Crippen LogP contribution in [0.4, 0.5) is 9.93 Å². The number of ether oxygens (including phenoxy) is 1. The molecule has 0 atom stereocenters. The molecule has 2 aromatic heterocycles. The standard InChI is InChI=1S/C16H15ClN4O2S2.Li/c1-9(2)8-23-15(22)19-14-20-21-16(25-14)24-13-5-6-18-12-7-10(17)3-4-11(12)13;/h3-7,9H,8H2,1-2H3,(H,19,20,22);/q;+1/p-1. The third-order valence-corrected chi connectivity index (χ3v) is 5.16. The monoisotopic (exact) mass is 400 g/mol. The van der Waals surface area contributed by atoms with Crippen LogP contribution in [0.15, 0.2) is 39.7 Å². The van der Waals surface area contributed by atoms with Gasteiger partial charge in [-0.15, -0.1) is 11.3 Å². The van der Waals surface area contributed by atoms with Crippen LogP contribution < -0.4 is 18.9 Å². The van der Waals surface area contributed by atoms with E-state index in [1.807, 2.05) is 38.1 Å². The second kappa shape index (κ2) is 9.58. The van der Waals surface area contributed by atoms with Gasteiger partial charge in [-0.2, -0.15) is 0 Å². The molecule has 0 unspecified atom stereocenters. The van der Waals surface area contributed by atoms with Crippen LogP contribution in [0.2, 0.25) is 5.02 Å². The molecule has 0 aliphatic carbocycles. The average Bonchev–Trinajstić information content (AvgIpc) is 3.00. The van der Waals surface area contributed by atoms with Crippen molar-refractivity contribution in [2.45, 2.75) is 23.1 Å². The van der Waals surface area contributed by atoms with E-state index in [1.165, 1.54) is 23.1 Å². The summed E-state index contributed by atoms with van der Waals surface area (Å²) in [6, 6.07) is 7.45. The molecule has 0 radical (unpaired) electrons. The van der Waals surface area contributed by atoms with Gasteiger partial charge in [-0.3, -0.25) is 9.78 Å². The number of halogens is 1. The van der Waals surface area contributed by atoms with Crippen LogP contribution in [0, 0.1) is 5.92 Å². The van der Waals surface area contributed by atoms with Crippen molar-refractivity contribution in [2.75, 3.05) is 6.61 Å². The number of nitrogens with zero attached hydrogens (tertiary/aromatic N) is 4. The van der Waals surface area contributed by atoms with Crippen LogP contribution in [-0.4, -0.2) is 27.9 Å². The number of amides is 1. The topological polar surface area (TPSA) is 79.1 Å². The van der Waals surface area contributed by atoms with Crippen LogP contribution in [0.5, 0.6) is 0 Å². The molecule has 1 aromatic carbocycles. The van der Waals surface area contributed by atoms with E-state index in [-0.39, 0.29) is 29.9 Å². The minimum absolute atomic E-state index is 0. The molecule has 0 fully saturated rings. The van der Waals surface area contributed by atoms with Crippen LogP contribution >= 0.6 is 34.7 Å². The summed E-state index contributed by atoms with van der Waals surface area (Å²) in [7, 11) is 0. The van der Waals surface area contributed by atoms with E-state index in [0.717, 1.165) is 15.8 Å². The predicted octanol–water partition coefficient (Wildman–Crippen LogP) is 2.69. The number of hydrogen-bond acceptors (Lipinski definition) is 7. The molecular weight excluding hydrogens is 387 g/mol. The van der Waals surface area contributed by atoms with E-state index >= 15 is 0 Å². The van der Waals surface area contributed by atoms with Crippen LogP contribution in [0.25, 0.3) is 16.2 Å². The number of carbonyl (C=O) groups excluding carboxylic acids is 1. The largest absolute Gasteiger partial charge is 1.00 e. The maximum Gasteiger partial charge on any atom is 1.00 e. The minimum atomic E-state index is -0.648. The van der Waals surface area contributed by atoms with Gasteiger partial charge in [0.15, 0.2) is 4.34 Å². The molecule has 130 valence electrons. The Morgan fingerprint density at radius 3 is 2.92 bits per heavy atom. The molecule has 0 saturated heterocycles. The number of hydrogen-bond donors (Lipinski definition) is 0. The molecule has 3 aromatic rings. The molecule has 0 aliphatic rings.